The monoisotopic (exact) mass is 530 g/mol. The van der Waals surface area contributed by atoms with Gasteiger partial charge in [0.05, 0.1) is 24.4 Å². The molecule has 206 valence electrons. The first-order valence-corrected chi connectivity index (χ1v) is 12.8. The van der Waals surface area contributed by atoms with Gasteiger partial charge in [0.25, 0.3) is 5.91 Å². The van der Waals surface area contributed by atoms with Gasteiger partial charge in [-0.1, -0.05) is 0 Å². The third-order valence-electron chi connectivity index (χ3n) is 6.45. The van der Waals surface area contributed by atoms with Gasteiger partial charge in [-0.25, -0.2) is 14.0 Å². The second kappa shape index (κ2) is 11.0. The van der Waals surface area contributed by atoms with E-state index in [4.69, 9.17) is 9.47 Å². The molecule has 0 spiro atoms. The molecule has 12 heteroatoms. The Hall–Kier alpha value is -3.67. The number of carbonyl (C=O) groups is 3. The summed E-state index contributed by atoms with van der Waals surface area (Å²) in [6.45, 7) is 10.8. The molecule has 11 nitrogen and oxygen atoms in total. The highest BCUT2D eigenvalue weighted by molar-refractivity contribution is 6.04. The number of halogens is 1. The number of aromatic nitrogens is 2. The summed E-state index contributed by atoms with van der Waals surface area (Å²) >= 11 is 0. The van der Waals surface area contributed by atoms with Crippen LogP contribution in [0.1, 0.15) is 49.3 Å². The van der Waals surface area contributed by atoms with Crippen LogP contribution < -0.4 is 10.2 Å². The molecule has 2 aromatic rings. The second-order valence-corrected chi connectivity index (χ2v) is 10.4. The average molecular weight is 531 g/mol. The van der Waals surface area contributed by atoms with E-state index < -0.39 is 29.5 Å². The number of benzene rings is 1. The summed E-state index contributed by atoms with van der Waals surface area (Å²) in [5, 5.41) is 6.91. The van der Waals surface area contributed by atoms with Gasteiger partial charge in [0, 0.05) is 50.4 Å². The molecular formula is C26H35FN6O5. The van der Waals surface area contributed by atoms with Crippen molar-refractivity contribution in [1.82, 2.24) is 19.6 Å². The molecule has 3 heterocycles. The second-order valence-electron chi connectivity index (χ2n) is 10.4. The first-order chi connectivity index (χ1) is 18.0. The molecule has 0 atom stereocenters. The van der Waals surface area contributed by atoms with Crippen molar-refractivity contribution >= 4 is 29.6 Å². The van der Waals surface area contributed by atoms with E-state index >= 15 is 4.39 Å². The molecule has 2 amide bonds. The zero-order valence-electron chi connectivity index (χ0n) is 22.5. The highest BCUT2D eigenvalue weighted by Crippen LogP contribution is 2.29. The van der Waals surface area contributed by atoms with Gasteiger partial charge in [0.15, 0.2) is 5.82 Å². The van der Waals surface area contributed by atoms with Crippen LogP contribution >= 0.6 is 0 Å². The van der Waals surface area contributed by atoms with Crippen molar-refractivity contribution in [2.75, 3.05) is 56.6 Å². The molecule has 1 aromatic carbocycles. The molecule has 4 rings (SSSR count). The number of rotatable bonds is 4. The molecule has 0 radical (unpaired) electrons. The van der Waals surface area contributed by atoms with Crippen LogP contribution in [-0.4, -0.2) is 89.7 Å². The maximum atomic E-state index is 15.1. The molecule has 2 aliphatic heterocycles. The molecule has 1 saturated heterocycles. The van der Waals surface area contributed by atoms with Gasteiger partial charge in [-0.3, -0.25) is 4.79 Å². The topological polar surface area (TPSA) is 109 Å². The summed E-state index contributed by atoms with van der Waals surface area (Å²) < 4.78 is 26.7. The van der Waals surface area contributed by atoms with Crippen LogP contribution in [-0.2, 0) is 22.4 Å². The fourth-order valence-electron chi connectivity index (χ4n) is 4.46. The Kier molecular flexibility index (Phi) is 7.91. The lowest BCUT2D eigenvalue weighted by Crippen LogP contribution is -2.44. The van der Waals surface area contributed by atoms with Crippen LogP contribution in [0.2, 0.25) is 0 Å². The normalized spacial score (nSPS) is 16.2. The molecule has 1 fully saturated rings. The quantitative estimate of drug-likeness (QED) is 0.641. The van der Waals surface area contributed by atoms with E-state index in [1.807, 2.05) is 7.05 Å². The number of nitrogens with one attached hydrogen (secondary N) is 1. The third-order valence-corrected chi connectivity index (χ3v) is 6.45. The van der Waals surface area contributed by atoms with Crippen LogP contribution in [0, 0.1) is 5.82 Å². The fourth-order valence-corrected chi connectivity index (χ4v) is 4.46. The van der Waals surface area contributed by atoms with E-state index in [1.54, 1.807) is 33.8 Å². The Morgan fingerprint density at radius 1 is 1.08 bits per heavy atom. The van der Waals surface area contributed by atoms with Crippen LogP contribution in [0.4, 0.5) is 25.5 Å². The van der Waals surface area contributed by atoms with Gasteiger partial charge >= 0.3 is 12.2 Å². The van der Waals surface area contributed by atoms with Crippen molar-refractivity contribution in [3.8, 4) is 0 Å². The lowest BCUT2D eigenvalue weighted by molar-refractivity contribution is 0.0223. The third kappa shape index (κ3) is 6.07. The molecule has 0 aliphatic carbocycles. The summed E-state index contributed by atoms with van der Waals surface area (Å²) in [7, 11) is 2.04. The van der Waals surface area contributed by atoms with E-state index in [9.17, 15) is 14.4 Å². The molecular weight excluding hydrogens is 495 g/mol. The van der Waals surface area contributed by atoms with Crippen molar-refractivity contribution in [1.29, 1.82) is 0 Å². The molecule has 0 saturated carbocycles. The molecule has 38 heavy (non-hydrogen) atoms. The van der Waals surface area contributed by atoms with Gasteiger partial charge in [-0.2, -0.15) is 4.68 Å². The highest BCUT2D eigenvalue weighted by atomic mass is 19.1. The maximum absolute atomic E-state index is 15.1. The number of amides is 2. The van der Waals surface area contributed by atoms with Crippen molar-refractivity contribution in [3.63, 3.8) is 0 Å². The smallest absolute Gasteiger partial charge is 0.434 e. The molecule has 2 aliphatic rings. The number of hydrogen-bond acceptors (Lipinski definition) is 8. The Balaban J connectivity index is 1.57. The van der Waals surface area contributed by atoms with Crippen LogP contribution in [0.25, 0.3) is 0 Å². The number of carbonyl (C=O) groups excluding carboxylic acids is 3. The zero-order chi connectivity index (χ0) is 27.6. The number of anilines is 2. The molecule has 0 unspecified atom stereocenters. The first-order valence-electron chi connectivity index (χ1n) is 12.8. The van der Waals surface area contributed by atoms with E-state index in [0.717, 1.165) is 30.9 Å². The van der Waals surface area contributed by atoms with E-state index in [0.29, 0.717) is 29.9 Å². The Labute approximate surface area is 221 Å². The van der Waals surface area contributed by atoms with Crippen LogP contribution in [0.3, 0.4) is 0 Å². The van der Waals surface area contributed by atoms with Crippen molar-refractivity contribution < 1.29 is 28.2 Å². The lowest BCUT2D eigenvalue weighted by Gasteiger charge is -2.34. The van der Waals surface area contributed by atoms with Gasteiger partial charge in [0.1, 0.15) is 11.4 Å². The summed E-state index contributed by atoms with van der Waals surface area (Å²) in [5.41, 5.74) is 0.866. The summed E-state index contributed by atoms with van der Waals surface area (Å²) in [6, 6.07) is 4.53. The zero-order valence-corrected chi connectivity index (χ0v) is 22.5. The minimum absolute atomic E-state index is 0.0596. The van der Waals surface area contributed by atoms with Crippen LogP contribution in [0.5, 0.6) is 0 Å². The number of ether oxygens (including phenoxy) is 2. The minimum Gasteiger partial charge on any atom is -0.448 e. The maximum Gasteiger partial charge on any atom is 0.434 e. The average Bonchev–Trinajstić information content (AvgIpc) is 3.21. The number of piperazine rings is 1. The molecule has 0 bridgehead atoms. The number of likely N-dealkylation sites (N-methyl/N-ethyl adjacent to an activating group) is 1. The SMILES string of the molecule is CCOC(=O)n1nc(NC(=O)c2ccc(N3CCN(C)CC3)cc2F)c2c1CCN(C(=O)OC(C)(C)C)C2. The Morgan fingerprint density at radius 3 is 2.42 bits per heavy atom. The predicted octanol–water partition coefficient (Wildman–Crippen LogP) is 3.32. The van der Waals surface area contributed by atoms with E-state index in [-0.39, 0.29) is 24.5 Å². The summed E-state index contributed by atoms with van der Waals surface area (Å²) in [4.78, 5) is 44.1. The van der Waals surface area contributed by atoms with Crippen LogP contribution in [0.15, 0.2) is 18.2 Å². The van der Waals surface area contributed by atoms with Gasteiger partial charge in [0.2, 0.25) is 0 Å². The van der Waals surface area contributed by atoms with E-state index in [1.165, 1.54) is 17.0 Å². The number of hydrogen-bond donors (Lipinski definition) is 1. The van der Waals surface area contributed by atoms with Gasteiger partial charge in [-0.15, -0.1) is 5.10 Å². The lowest BCUT2D eigenvalue weighted by atomic mass is 10.1. The number of fused-ring (bicyclic) bond motifs is 1. The van der Waals surface area contributed by atoms with Crippen molar-refractivity contribution in [2.45, 2.75) is 46.3 Å². The molecule has 1 N–H and O–H groups in total. The Bertz CT molecular complexity index is 1220. The predicted molar refractivity (Wildman–Crippen MR) is 139 cm³/mol. The number of nitrogens with zero attached hydrogens (tertiary/aromatic N) is 5. The van der Waals surface area contributed by atoms with Gasteiger partial charge in [-0.05, 0) is 52.9 Å². The Morgan fingerprint density at radius 2 is 1.79 bits per heavy atom. The van der Waals surface area contributed by atoms with Crippen molar-refractivity contribution in [3.05, 3.63) is 40.8 Å². The summed E-state index contributed by atoms with van der Waals surface area (Å²) in [6.07, 6.45) is -0.919. The van der Waals surface area contributed by atoms with Gasteiger partial charge < -0.3 is 29.5 Å². The first kappa shape index (κ1) is 27.4. The standard InChI is InChI=1S/C26H35FN6O5/c1-6-37-25(36)33-21-9-10-32(24(35)38-26(2,3)4)16-19(21)22(29-33)28-23(34)18-8-7-17(15-20(18)27)31-13-11-30(5)12-14-31/h7-8,15H,6,9-14,16H2,1-5H3,(H,28,29,34). The fraction of sp³-hybridized carbons (Fsp3) is 0.538. The van der Waals surface area contributed by atoms with E-state index in [2.05, 4.69) is 20.2 Å². The summed E-state index contributed by atoms with van der Waals surface area (Å²) in [5.74, 6) is -1.31. The minimum atomic E-state index is -0.710. The van der Waals surface area contributed by atoms with Crippen molar-refractivity contribution in [2.24, 2.45) is 0 Å². The largest absolute Gasteiger partial charge is 0.448 e. The highest BCUT2D eigenvalue weighted by Gasteiger charge is 2.33. The molecule has 1 aromatic heterocycles.